The molecule has 0 radical (unpaired) electrons. The molecule has 0 bridgehead atoms. The smallest absolute Gasteiger partial charge is 0.135 e. The summed E-state index contributed by atoms with van der Waals surface area (Å²) >= 11 is 0. The van der Waals surface area contributed by atoms with E-state index in [2.05, 4.69) is 24.3 Å². The number of furan rings is 1. The Kier molecular flexibility index (Phi) is 3.40. The zero-order chi connectivity index (χ0) is 14.2. The fraction of sp³-hybridized carbons (Fsp3) is 0.412. The molecule has 1 aromatic carbocycles. The lowest BCUT2D eigenvalue weighted by molar-refractivity contribution is 0.00182. The van der Waals surface area contributed by atoms with E-state index in [0.29, 0.717) is 12.3 Å². The van der Waals surface area contributed by atoms with Crippen LogP contribution in [0.2, 0.25) is 0 Å². The first-order valence-electron chi connectivity index (χ1n) is 7.15. The second-order valence-electron chi connectivity index (χ2n) is 5.88. The second kappa shape index (κ2) is 5.08. The van der Waals surface area contributed by atoms with E-state index in [0.717, 1.165) is 24.8 Å². The highest BCUT2D eigenvalue weighted by Gasteiger charge is 2.42. The normalized spacial score (nSPS) is 23.4. The zero-order valence-corrected chi connectivity index (χ0v) is 11.8. The number of nitrogens with two attached hydrogens (primary N) is 1. The van der Waals surface area contributed by atoms with Gasteiger partial charge in [0.2, 0.25) is 0 Å². The Hall–Kier alpha value is -1.58. The van der Waals surface area contributed by atoms with Crippen LogP contribution in [-0.4, -0.2) is 11.7 Å². The second-order valence-corrected chi connectivity index (χ2v) is 5.88. The van der Waals surface area contributed by atoms with Gasteiger partial charge in [-0.25, -0.2) is 0 Å². The first kappa shape index (κ1) is 13.4. The number of benzene rings is 1. The van der Waals surface area contributed by atoms with Crippen molar-refractivity contribution in [1.29, 1.82) is 0 Å². The summed E-state index contributed by atoms with van der Waals surface area (Å²) in [7, 11) is 0. The van der Waals surface area contributed by atoms with Gasteiger partial charge < -0.3 is 15.3 Å². The summed E-state index contributed by atoms with van der Waals surface area (Å²) in [6.45, 7) is 2.42. The fourth-order valence-corrected chi connectivity index (χ4v) is 3.29. The Labute approximate surface area is 119 Å². The van der Waals surface area contributed by atoms with Crippen LogP contribution < -0.4 is 5.73 Å². The van der Waals surface area contributed by atoms with Crippen molar-refractivity contribution in [2.75, 3.05) is 6.54 Å². The number of hydrogen-bond acceptors (Lipinski definition) is 3. The van der Waals surface area contributed by atoms with Gasteiger partial charge in [-0.15, -0.1) is 0 Å². The number of fused-ring (bicyclic) bond motifs is 1. The van der Waals surface area contributed by atoms with Gasteiger partial charge in [0, 0.05) is 12.0 Å². The summed E-state index contributed by atoms with van der Waals surface area (Å²) < 4.78 is 5.49. The summed E-state index contributed by atoms with van der Waals surface area (Å²) in [6, 6.07) is 10.3. The van der Waals surface area contributed by atoms with Crippen LogP contribution in [0.4, 0.5) is 0 Å². The van der Waals surface area contributed by atoms with Crippen LogP contribution in [0.1, 0.15) is 35.0 Å². The van der Waals surface area contributed by atoms with E-state index in [1.807, 2.05) is 13.0 Å². The molecule has 0 saturated heterocycles. The van der Waals surface area contributed by atoms with E-state index in [4.69, 9.17) is 10.2 Å². The first-order valence-corrected chi connectivity index (χ1v) is 7.15. The van der Waals surface area contributed by atoms with Crippen molar-refractivity contribution in [1.82, 2.24) is 0 Å². The molecule has 0 aliphatic heterocycles. The average molecular weight is 271 g/mol. The summed E-state index contributed by atoms with van der Waals surface area (Å²) in [4.78, 5) is 0. The molecule has 1 aliphatic carbocycles. The third kappa shape index (κ3) is 2.07. The van der Waals surface area contributed by atoms with Crippen LogP contribution in [0.3, 0.4) is 0 Å². The van der Waals surface area contributed by atoms with Crippen molar-refractivity contribution >= 4 is 0 Å². The maximum absolute atomic E-state index is 10.8. The number of hydrogen-bond donors (Lipinski definition) is 2. The minimum Gasteiger partial charge on any atom is -0.466 e. The van der Waals surface area contributed by atoms with Crippen molar-refractivity contribution < 1.29 is 9.52 Å². The quantitative estimate of drug-likeness (QED) is 0.902. The molecule has 3 nitrogen and oxygen atoms in total. The van der Waals surface area contributed by atoms with Gasteiger partial charge in [-0.1, -0.05) is 24.3 Å². The molecule has 2 aromatic rings. The summed E-state index contributed by atoms with van der Waals surface area (Å²) in [5, 5.41) is 10.8. The Balaban J connectivity index is 1.96. The Morgan fingerprint density at radius 1 is 1.30 bits per heavy atom. The highest BCUT2D eigenvalue weighted by molar-refractivity contribution is 5.32. The highest BCUT2D eigenvalue weighted by atomic mass is 16.4. The van der Waals surface area contributed by atoms with Crippen molar-refractivity contribution in [3.05, 3.63) is 59.0 Å². The summed E-state index contributed by atoms with van der Waals surface area (Å²) in [5.41, 5.74) is 9.39. The molecule has 0 saturated carbocycles. The van der Waals surface area contributed by atoms with Crippen LogP contribution in [0.5, 0.6) is 0 Å². The molecule has 0 amide bonds. The van der Waals surface area contributed by atoms with E-state index in [1.165, 1.54) is 11.1 Å². The molecule has 0 fully saturated rings. The number of aryl methyl sites for hydroxylation is 2. The monoisotopic (exact) mass is 271 g/mol. The fourth-order valence-electron chi connectivity index (χ4n) is 3.29. The van der Waals surface area contributed by atoms with Crippen molar-refractivity contribution in [2.45, 2.75) is 32.3 Å². The van der Waals surface area contributed by atoms with Gasteiger partial charge in [-0.3, -0.25) is 0 Å². The van der Waals surface area contributed by atoms with E-state index in [-0.39, 0.29) is 5.41 Å². The largest absolute Gasteiger partial charge is 0.466 e. The zero-order valence-electron chi connectivity index (χ0n) is 11.8. The highest BCUT2D eigenvalue weighted by Crippen LogP contribution is 2.45. The van der Waals surface area contributed by atoms with E-state index < -0.39 is 6.10 Å². The third-order valence-electron chi connectivity index (χ3n) is 4.69. The first-order chi connectivity index (χ1) is 9.66. The lowest BCUT2D eigenvalue weighted by atomic mass is 9.67. The van der Waals surface area contributed by atoms with Crippen molar-refractivity contribution in [2.24, 2.45) is 11.1 Å². The molecule has 3 rings (SSSR count). The minimum absolute atomic E-state index is 0.322. The van der Waals surface area contributed by atoms with Crippen LogP contribution in [0.25, 0.3) is 0 Å². The van der Waals surface area contributed by atoms with Gasteiger partial charge in [0.15, 0.2) is 0 Å². The standard InChI is InChI=1S/C17H21NO2/c1-12-7-9-20-15(12)16(19)17(11-18)8-6-13-4-2-3-5-14(13)10-17/h2-5,7,9,16,19H,6,8,10-11,18H2,1H3. The SMILES string of the molecule is Cc1ccoc1C(O)C1(CN)CCc2ccccc2C1. The summed E-state index contributed by atoms with van der Waals surface area (Å²) in [6.07, 6.45) is 3.65. The molecule has 1 aromatic heterocycles. The van der Waals surface area contributed by atoms with Gasteiger partial charge in [-0.2, -0.15) is 0 Å². The molecule has 2 atom stereocenters. The average Bonchev–Trinajstić information content (AvgIpc) is 2.92. The van der Waals surface area contributed by atoms with Gasteiger partial charge in [0.1, 0.15) is 11.9 Å². The molecule has 3 N–H and O–H groups in total. The molecule has 20 heavy (non-hydrogen) atoms. The molecule has 0 spiro atoms. The lowest BCUT2D eigenvalue weighted by Gasteiger charge is -2.40. The minimum atomic E-state index is -0.643. The molecular weight excluding hydrogens is 250 g/mol. The maximum Gasteiger partial charge on any atom is 0.135 e. The van der Waals surface area contributed by atoms with Crippen molar-refractivity contribution in [3.63, 3.8) is 0 Å². The van der Waals surface area contributed by atoms with Gasteiger partial charge in [-0.05, 0) is 48.9 Å². The Morgan fingerprint density at radius 3 is 2.70 bits per heavy atom. The Bertz CT molecular complexity index is 605. The van der Waals surface area contributed by atoms with Crippen LogP contribution >= 0.6 is 0 Å². The Morgan fingerprint density at radius 2 is 2.05 bits per heavy atom. The predicted octanol–water partition coefficient (Wildman–Crippen LogP) is 2.76. The van der Waals surface area contributed by atoms with Gasteiger partial charge in [0.05, 0.1) is 6.26 Å². The van der Waals surface area contributed by atoms with Gasteiger partial charge >= 0.3 is 0 Å². The topological polar surface area (TPSA) is 59.4 Å². The van der Waals surface area contributed by atoms with E-state index in [1.54, 1.807) is 6.26 Å². The molecule has 2 unspecified atom stereocenters. The van der Waals surface area contributed by atoms with Crippen LogP contribution in [-0.2, 0) is 12.8 Å². The predicted molar refractivity (Wildman–Crippen MR) is 78.4 cm³/mol. The molecule has 106 valence electrons. The summed E-state index contributed by atoms with van der Waals surface area (Å²) in [5.74, 6) is 0.662. The lowest BCUT2D eigenvalue weighted by Crippen LogP contribution is -2.41. The number of aliphatic hydroxyl groups excluding tert-OH is 1. The number of rotatable bonds is 3. The van der Waals surface area contributed by atoms with Crippen LogP contribution in [0, 0.1) is 12.3 Å². The van der Waals surface area contributed by atoms with Gasteiger partial charge in [0.25, 0.3) is 0 Å². The maximum atomic E-state index is 10.8. The number of aliphatic hydroxyl groups is 1. The molecular formula is C17H21NO2. The molecule has 1 aliphatic rings. The molecule has 1 heterocycles. The third-order valence-corrected chi connectivity index (χ3v) is 4.69. The van der Waals surface area contributed by atoms with E-state index >= 15 is 0 Å². The van der Waals surface area contributed by atoms with Crippen molar-refractivity contribution in [3.8, 4) is 0 Å². The molecule has 3 heteroatoms. The van der Waals surface area contributed by atoms with Crippen LogP contribution in [0.15, 0.2) is 41.0 Å². The van der Waals surface area contributed by atoms with E-state index in [9.17, 15) is 5.11 Å².